The van der Waals surface area contributed by atoms with Crippen LogP contribution in [0.1, 0.15) is 21.5 Å². The van der Waals surface area contributed by atoms with Crippen LogP contribution in [0.5, 0.6) is 11.5 Å². The smallest absolute Gasteiger partial charge is 0.341 e. The predicted molar refractivity (Wildman–Crippen MR) is 68.2 cm³/mol. The normalized spacial score (nSPS) is 10.1. The number of halogens is 1. The molecule has 0 amide bonds. The Labute approximate surface area is 109 Å². The zero-order chi connectivity index (χ0) is 13.0. The fourth-order valence-electron chi connectivity index (χ4n) is 1.53. The Bertz CT molecular complexity index is 429. The number of ether oxygens (including phenoxy) is 2. The van der Waals surface area contributed by atoms with Gasteiger partial charge in [0.05, 0.1) is 13.7 Å². The molecule has 0 saturated heterocycles. The number of methoxy groups -OCH3 is 1. The minimum Gasteiger partial charge on any atom is -0.507 e. The van der Waals surface area contributed by atoms with E-state index in [1.165, 1.54) is 7.11 Å². The molecule has 17 heavy (non-hydrogen) atoms. The zero-order valence-electron chi connectivity index (χ0n) is 10.0. The molecule has 4 nitrogen and oxygen atoms in total. The third-order valence-corrected chi connectivity index (χ3v) is 2.75. The minimum absolute atomic E-state index is 0.0820. The Morgan fingerprint density at radius 1 is 1.47 bits per heavy atom. The molecular weight excluding hydrogens is 288 g/mol. The summed E-state index contributed by atoms with van der Waals surface area (Å²) in [5.41, 5.74) is 1.36. The highest BCUT2D eigenvalue weighted by molar-refractivity contribution is 9.09. The van der Waals surface area contributed by atoms with Crippen LogP contribution in [0.4, 0.5) is 0 Å². The van der Waals surface area contributed by atoms with Gasteiger partial charge in [-0.2, -0.15) is 0 Å². The van der Waals surface area contributed by atoms with E-state index >= 15 is 0 Å². The maximum absolute atomic E-state index is 11.5. The van der Waals surface area contributed by atoms with E-state index < -0.39 is 5.97 Å². The van der Waals surface area contributed by atoms with Gasteiger partial charge in [0.2, 0.25) is 0 Å². The van der Waals surface area contributed by atoms with Gasteiger partial charge in [-0.05, 0) is 25.5 Å². The van der Waals surface area contributed by atoms with Gasteiger partial charge in [0, 0.05) is 10.9 Å². The monoisotopic (exact) mass is 302 g/mol. The van der Waals surface area contributed by atoms with Crippen molar-refractivity contribution in [1.29, 1.82) is 0 Å². The number of benzene rings is 1. The molecule has 0 aliphatic heterocycles. The molecule has 5 heteroatoms. The summed E-state index contributed by atoms with van der Waals surface area (Å²) < 4.78 is 10.1. The summed E-state index contributed by atoms with van der Waals surface area (Å²) in [4.78, 5) is 11.5. The lowest BCUT2D eigenvalue weighted by Gasteiger charge is -2.14. The molecule has 0 aliphatic carbocycles. The number of hydrogen-bond donors (Lipinski definition) is 1. The van der Waals surface area contributed by atoms with Gasteiger partial charge in [-0.15, -0.1) is 0 Å². The van der Waals surface area contributed by atoms with E-state index in [4.69, 9.17) is 4.74 Å². The average molecular weight is 303 g/mol. The van der Waals surface area contributed by atoms with E-state index in [0.29, 0.717) is 28.8 Å². The van der Waals surface area contributed by atoms with Gasteiger partial charge in [-0.3, -0.25) is 0 Å². The predicted octanol–water partition coefficient (Wildman–Crippen LogP) is 2.57. The van der Waals surface area contributed by atoms with Crippen LogP contribution in [0.15, 0.2) is 6.07 Å². The van der Waals surface area contributed by atoms with Gasteiger partial charge >= 0.3 is 5.97 Å². The second-order valence-electron chi connectivity index (χ2n) is 3.57. The van der Waals surface area contributed by atoms with E-state index in [2.05, 4.69) is 20.7 Å². The third kappa shape index (κ3) is 2.91. The SMILES string of the molecule is COC(=O)c1c(C)cc(OCCBr)c(C)c1O. The summed E-state index contributed by atoms with van der Waals surface area (Å²) >= 11 is 3.26. The number of phenolic OH excluding ortho intramolecular Hbond substituents is 1. The number of alkyl halides is 1. The van der Waals surface area contributed by atoms with E-state index in [9.17, 15) is 9.90 Å². The van der Waals surface area contributed by atoms with Crippen molar-refractivity contribution in [2.24, 2.45) is 0 Å². The van der Waals surface area contributed by atoms with E-state index in [1.54, 1.807) is 19.9 Å². The highest BCUT2D eigenvalue weighted by atomic mass is 79.9. The Hall–Kier alpha value is -1.23. The number of aryl methyl sites for hydroxylation is 1. The Kier molecular flexibility index (Phi) is 4.81. The topological polar surface area (TPSA) is 55.8 Å². The number of carbonyl (C=O) groups excluding carboxylic acids is 1. The number of phenols is 1. The number of carbonyl (C=O) groups is 1. The standard InChI is InChI=1S/C12H15BrO4/c1-7-6-9(17-5-4-13)8(2)11(14)10(7)12(15)16-3/h6,14H,4-5H2,1-3H3. The van der Waals surface area contributed by atoms with Crippen molar-refractivity contribution in [3.05, 3.63) is 22.8 Å². The third-order valence-electron chi connectivity index (χ3n) is 2.43. The van der Waals surface area contributed by atoms with Gasteiger partial charge in [-0.25, -0.2) is 4.79 Å². The molecule has 1 aromatic carbocycles. The molecule has 1 aromatic rings. The molecule has 0 spiro atoms. The largest absolute Gasteiger partial charge is 0.507 e. The van der Waals surface area contributed by atoms with Gasteiger partial charge < -0.3 is 14.6 Å². The second-order valence-corrected chi connectivity index (χ2v) is 4.36. The molecule has 0 atom stereocenters. The lowest BCUT2D eigenvalue weighted by Crippen LogP contribution is -2.07. The van der Waals surface area contributed by atoms with Gasteiger partial charge in [0.1, 0.15) is 17.1 Å². The molecular formula is C12H15BrO4. The first-order valence-corrected chi connectivity index (χ1v) is 6.25. The Balaban J connectivity index is 3.21. The second kappa shape index (κ2) is 5.91. The van der Waals surface area contributed by atoms with Crippen LogP contribution in [0.3, 0.4) is 0 Å². The summed E-state index contributed by atoms with van der Waals surface area (Å²) in [6.07, 6.45) is 0. The molecule has 0 radical (unpaired) electrons. The van der Waals surface area contributed by atoms with Crippen molar-refractivity contribution in [2.45, 2.75) is 13.8 Å². The summed E-state index contributed by atoms with van der Waals surface area (Å²) in [5.74, 6) is -0.0522. The van der Waals surface area contributed by atoms with Crippen molar-refractivity contribution < 1.29 is 19.4 Å². The van der Waals surface area contributed by atoms with Crippen LogP contribution in [-0.2, 0) is 4.74 Å². The molecule has 1 rings (SSSR count). The van der Waals surface area contributed by atoms with Crippen molar-refractivity contribution in [3.8, 4) is 11.5 Å². The van der Waals surface area contributed by atoms with Crippen molar-refractivity contribution in [1.82, 2.24) is 0 Å². The first-order valence-electron chi connectivity index (χ1n) is 5.13. The van der Waals surface area contributed by atoms with Crippen LogP contribution in [0.2, 0.25) is 0 Å². The maximum Gasteiger partial charge on any atom is 0.341 e. The molecule has 0 saturated carbocycles. The maximum atomic E-state index is 11.5. The van der Waals surface area contributed by atoms with Crippen molar-refractivity contribution in [3.63, 3.8) is 0 Å². The van der Waals surface area contributed by atoms with E-state index in [0.717, 1.165) is 0 Å². The molecule has 0 fully saturated rings. The quantitative estimate of drug-likeness (QED) is 0.686. The first kappa shape index (κ1) is 13.8. The minimum atomic E-state index is -0.546. The van der Waals surface area contributed by atoms with Crippen LogP contribution in [-0.4, -0.2) is 30.1 Å². The molecule has 0 unspecified atom stereocenters. The summed E-state index contributed by atoms with van der Waals surface area (Å²) in [6.45, 7) is 3.93. The zero-order valence-corrected chi connectivity index (χ0v) is 11.6. The molecule has 0 aromatic heterocycles. The van der Waals surface area contributed by atoms with Crippen LogP contribution >= 0.6 is 15.9 Å². The summed E-state index contributed by atoms with van der Waals surface area (Å²) in [5, 5.41) is 10.7. The summed E-state index contributed by atoms with van der Waals surface area (Å²) in [6, 6.07) is 1.73. The number of rotatable bonds is 4. The van der Waals surface area contributed by atoms with Gasteiger partial charge in [-0.1, -0.05) is 15.9 Å². The molecule has 0 heterocycles. The van der Waals surface area contributed by atoms with E-state index in [-0.39, 0.29) is 11.3 Å². The summed E-state index contributed by atoms with van der Waals surface area (Å²) in [7, 11) is 1.28. The molecule has 0 aliphatic rings. The van der Waals surface area contributed by atoms with Crippen LogP contribution in [0.25, 0.3) is 0 Å². The molecule has 1 N–H and O–H groups in total. The highest BCUT2D eigenvalue weighted by Gasteiger charge is 2.19. The Morgan fingerprint density at radius 2 is 2.12 bits per heavy atom. The lowest BCUT2D eigenvalue weighted by atomic mass is 10.0. The van der Waals surface area contributed by atoms with Crippen molar-refractivity contribution >= 4 is 21.9 Å². The molecule has 94 valence electrons. The van der Waals surface area contributed by atoms with Gasteiger partial charge in [0.25, 0.3) is 0 Å². The van der Waals surface area contributed by atoms with Crippen LogP contribution < -0.4 is 4.74 Å². The number of esters is 1. The number of hydrogen-bond acceptors (Lipinski definition) is 4. The van der Waals surface area contributed by atoms with E-state index in [1.807, 2.05) is 0 Å². The van der Waals surface area contributed by atoms with Gasteiger partial charge in [0.15, 0.2) is 0 Å². The highest BCUT2D eigenvalue weighted by Crippen LogP contribution is 2.33. The first-order chi connectivity index (χ1) is 8.02. The van der Waals surface area contributed by atoms with Crippen LogP contribution in [0, 0.1) is 13.8 Å². The van der Waals surface area contributed by atoms with Crippen molar-refractivity contribution in [2.75, 3.05) is 19.0 Å². The lowest BCUT2D eigenvalue weighted by molar-refractivity contribution is 0.0596. The molecule has 0 bridgehead atoms. The fourth-order valence-corrected chi connectivity index (χ4v) is 1.69. The Morgan fingerprint density at radius 3 is 2.65 bits per heavy atom. The number of aromatic hydroxyl groups is 1. The average Bonchev–Trinajstić information content (AvgIpc) is 2.31. The fraction of sp³-hybridized carbons (Fsp3) is 0.417.